The second-order valence-corrected chi connectivity index (χ2v) is 7.30. The van der Waals surface area contributed by atoms with E-state index in [9.17, 15) is 18.4 Å². The van der Waals surface area contributed by atoms with Crippen molar-refractivity contribution in [1.82, 2.24) is 0 Å². The molecule has 0 spiro atoms. The lowest BCUT2D eigenvalue weighted by Gasteiger charge is -2.10. The highest BCUT2D eigenvalue weighted by atomic mass is 32.1. The van der Waals surface area contributed by atoms with E-state index in [0.29, 0.717) is 5.56 Å². The zero-order valence-corrected chi connectivity index (χ0v) is 17.0. The molecule has 0 aliphatic heterocycles. The maximum atomic E-state index is 13.9. The van der Waals surface area contributed by atoms with E-state index in [0.717, 1.165) is 40.2 Å². The van der Waals surface area contributed by atoms with Crippen LogP contribution in [0.2, 0.25) is 0 Å². The van der Waals surface area contributed by atoms with E-state index in [1.165, 1.54) is 6.07 Å². The lowest BCUT2D eigenvalue weighted by Crippen LogP contribution is -2.17. The highest BCUT2D eigenvalue weighted by Crippen LogP contribution is 2.37. The fraction of sp³-hybridized carbons (Fsp3) is 0.182. The summed E-state index contributed by atoms with van der Waals surface area (Å²) >= 11 is 1.09. The van der Waals surface area contributed by atoms with Crippen LogP contribution in [-0.2, 0) is 4.74 Å². The zero-order valence-electron chi connectivity index (χ0n) is 16.1. The van der Waals surface area contributed by atoms with Gasteiger partial charge >= 0.3 is 5.97 Å². The van der Waals surface area contributed by atoms with E-state index in [4.69, 9.17) is 4.74 Å². The highest BCUT2D eigenvalue weighted by Gasteiger charge is 2.25. The quantitative estimate of drug-likeness (QED) is 0.541. The first kappa shape index (κ1) is 20.7. The fourth-order valence-electron chi connectivity index (χ4n) is 2.86. The molecule has 29 heavy (non-hydrogen) atoms. The van der Waals surface area contributed by atoms with Crippen LogP contribution in [0.25, 0.3) is 11.1 Å². The predicted octanol–water partition coefficient (Wildman–Crippen LogP) is 5.74. The van der Waals surface area contributed by atoms with Crippen molar-refractivity contribution < 1.29 is 23.1 Å². The number of benzene rings is 2. The minimum absolute atomic E-state index is 0.149. The highest BCUT2D eigenvalue weighted by molar-refractivity contribution is 7.15. The summed E-state index contributed by atoms with van der Waals surface area (Å²) in [6.45, 7) is 5.76. The Hall–Kier alpha value is -3.06. The molecule has 0 saturated carbocycles. The van der Waals surface area contributed by atoms with E-state index in [1.54, 1.807) is 12.3 Å². The van der Waals surface area contributed by atoms with Crippen molar-refractivity contribution in [2.24, 2.45) is 0 Å². The molecule has 7 heteroatoms. The Labute approximate surface area is 171 Å². The Morgan fingerprint density at radius 3 is 2.34 bits per heavy atom. The molecule has 1 N–H and O–H groups in total. The van der Waals surface area contributed by atoms with Crippen LogP contribution in [0.15, 0.2) is 41.8 Å². The van der Waals surface area contributed by atoms with Crippen molar-refractivity contribution in [2.45, 2.75) is 20.8 Å². The number of carbonyl (C=O) groups excluding carboxylic acids is 2. The van der Waals surface area contributed by atoms with Crippen LogP contribution in [0.5, 0.6) is 0 Å². The smallest absolute Gasteiger partial charge is 0.341 e. The number of hydrogen-bond acceptors (Lipinski definition) is 4. The first-order valence-corrected chi connectivity index (χ1v) is 9.83. The van der Waals surface area contributed by atoms with Gasteiger partial charge in [0.25, 0.3) is 5.91 Å². The Kier molecular flexibility index (Phi) is 6.08. The minimum atomic E-state index is -0.980. The number of carbonyl (C=O) groups is 2. The number of ether oxygens (including phenoxy) is 1. The Morgan fingerprint density at radius 2 is 1.72 bits per heavy atom. The van der Waals surface area contributed by atoms with Gasteiger partial charge in [-0.1, -0.05) is 24.3 Å². The summed E-state index contributed by atoms with van der Waals surface area (Å²) < 4.78 is 33.0. The normalized spacial score (nSPS) is 10.7. The second kappa shape index (κ2) is 8.53. The van der Waals surface area contributed by atoms with E-state index in [2.05, 4.69) is 5.32 Å². The summed E-state index contributed by atoms with van der Waals surface area (Å²) in [6, 6.07) is 8.91. The van der Waals surface area contributed by atoms with Crippen molar-refractivity contribution in [3.8, 4) is 11.1 Å². The first-order chi connectivity index (χ1) is 13.8. The van der Waals surface area contributed by atoms with Gasteiger partial charge in [-0.25, -0.2) is 13.6 Å². The molecule has 0 saturated heterocycles. The van der Waals surface area contributed by atoms with E-state index >= 15 is 0 Å². The fourth-order valence-corrected chi connectivity index (χ4v) is 3.81. The predicted molar refractivity (Wildman–Crippen MR) is 109 cm³/mol. The summed E-state index contributed by atoms with van der Waals surface area (Å²) in [5.41, 5.74) is 2.97. The molecule has 0 radical (unpaired) electrons. The zero-order chi connectivity index (χ0) is 21.1. The molecule has 2 aromatic carbocycles. The maximum Gasteiger partial charge on any atom is 0.341 e. The molecule has 1 heterocycles. The van der Waals surface area contributed by atoms with Crippen molar-refractivity contribution in [2.75, 3.05) is 11.9 Å². The number of nitrogens with one attached hydrogen (secondary N) is 1. The largest absolute Gasteiger partial charge is 0.462 e. The van der Waals surface area contributed by atoms with Crippen molar-refractivity contribution in [3.63, 3.8) is 0 Å². The molecule has 0 aliphatic carbocycles. The number of aryl methyl sites for hydroxylation is 2. The van der Waals surface area contributed by atoms with Gasteiger partial charge in [-0.05, 0) is 49.6 Å². The molecule has 0 unspecified atom stereocenters. The summed E-state index contributed by atoms with van der Waals surface area (Å²) in [5.74, 6) is -3.55. The number of rotatable bonds is 5. The summed E-state index contributed by atoms with van der Waals surface area (Å²) in [7, 11) is 0. The van der Waals surface area contributed by atoms with Crippen LogP contribution in [-0.4, -0.2) is 18.5 Å². The molecular weight excluding hydrogens is 396 g/mol. The molecule has 1 aromatic heterocycles. The van der Waals surface area contributed by atoms with Gasteiger partial charge in [0.05, 0.1) is 6.61 Å². The van der Waals surface area contributed by atoms with Gasteiger partial charge in [0.2, 0.25) is 0 Å². The third-order valence-corrected chi connectivity index (χ3v) is 5.40. The summed E-state index contributed by atoms with van der Waals surface area (Å²) in [6.07, 6.45) is 0. The van der Waals surface area contributed by atoms with E-state index < -0.39 is 29.1 Å². The topological polar surface area (TPSA) is 55.4 Å². The minimum Gasteiger partial charge on any atom is -0.462 e. The van der Waals surface area contributed by atoms with Crippen molar-refractivity contribution in [1.29, 1.82) is 0 Å². The maximum absolute atomic E-state index is 13.9. The number of thiophene rings is 1. The molecule has 3 aromatic rings. The molecule has 1 amide bonds. The van der Waals surface area contributed by atoms with E-state index in [-0.39, 0.29) is 17.2 Å². The molecule has 0 fully saturated rings. The van der Waals surface area contributed by atoms with Crippen LogP contribution < -0.4 is 5.32 Å². The number of hydrogen-bond donors (Lipinski definition) is 1. The Balaban J connectivity index is 2.05. The van der Waals surface area contributed by atoms with Crippen LogP contribution in [0.3, 0.4) is 0 Å². The van der Waals surface area contributed by atoms with Gasteiger partial charge in [-0.15, -0.1) is 11.3 Å². The Morgan fingerprint density at radius 1 is 1.03 bits per heavy atom. The molecule has 3 rings (SSSR count). The van der Waals surface area contributed by atoms with Crippen LogP contribution in [0.1, 0.15) is 38.8 Å². The van der Waals surface area contributed by atoms with Crippen molar-refractivity contribution >= 4 is 28.2 Å². The number of halogens is 2. The Bertz CT molecular complexity index is 1070. The van der Waals surface area contributed by atoms with Crippen LogP contribution >= 0.6 is 11.3 Å². The lowest BCUT2D eigenvalue weighted by molar-refractivity contribution is 0.0529. The van der Waals surface area contributed by atoms with Crippen LogP contribution in [0.4, 0.5) is 13.8 Å². The van der Waals surface area contributed by atoms with Gasteiger partial charge < -0.3 is 10.1 Å². The molecule has 150 valence electrons. The SMILES string of the molecule is CCOC(=O)c1c(-c2ccc(C)c(C)c2)csc1NC(=O)c1c(F)cccc1F. The van der Waals surface area contributed by atoms with Gasteiger partial charge in [0.15, 0.2) is 0 Å². The van der Waals surface area contributed by atoms with E-state index in [1.807, 2.05) is 32.0 Å². The number of anilines is 1. The second-order valence-electron chi connectivity index (χ2n) is 6.42. The van der Waals surface area contributed by atoms with Crippen molar-refractivity contribution in [3.05, 3.63) is 75.7 Å². The number of esters is 1. The van der Waals surface area contributed by atoms with Gasteiger partial charge in [-0.2, -0.15) is 0 Å². The third kappa shape index (κ3) is 4.19. The molecule has 4 nitrogen and oxygen atoms in total. The average molecular weight is 415 g/mol. The lowest BCUT2D eigenvalue weighted by atomic mass is 9.99. The summed E-state index contributed by atoms with van der Waals surface area (Å²) in [4.78, 5) is 25.1. The average Bonchev–Trinajstić information content (AvgIpc) is 3.07. The van der Waals surface area contributed by atoms with Gasteiger partial charge in [-0.3, -0.25) is 4.79 Å². The molecule has 0 bridgehead atoms. The monoisotopic (exact) mass is 415 g/mol. The summed E-state index contributed by atoms with van der Waals surface area (Å²) in [5, 5.41) is 4.35. The molecule has 0 atom stereocenters. The van der Waals surface area contributed by atoms with Gasteiger partial charge in [0, 0.05) is 10.9 Å². The number of amides is 1. The van der Waals surface area contributed by atoms with Gasteiger partial charge in [0.1, 0.15) is 27.8 Å². The standard InChI is InChI=1S/C22H19F2NO3S/c1-4-28-22(27)18-15(14-9-8-12(2)13(3)10-14)11-29-21(18)25-20(26)19-16(23)6-5-7-17(19)24/h5-11H,4H2,1-3H3,(H,25,26). The molecular formula is C22H19F2NO3S. The first-order valence-electron chi connectivity index (χ1n) is 8.95. The van der Waals surface area contributed by atoms with Crippen LogP contribution in [0, 0.1) is 25.5 Å². The third-order valence-electron chi connectivity index (χ3n) is 4.51. The molecule has 0 aliphatic rings.